The molecule has 0 amide bonds. The number of carbonyl (C=O) groups is 2. The van der Waals surface area contributed by atoms with Crippen molar-refractivity contribution in [1.82, 2.24) is 0 Å². The summed E-state index contributed by atoms with van der Waals surface area (Å²) in [6.07, 6.45) is 2.36. The highest BCUT2D eigenvalue weighted by atomic mass is 32.2. The SMILES string of the molecule is COC(=O)/C(O)=C/C(=O)SC. The lowest BCUT2D eigenvalue weighted by Crippen LogP contribution is -2.05. The lowest BCUT2D eigenvalue weighted by atomic mass is 10.5. The number of aliphatic hydroxyl groups excluding tert-OH is 1. The molecule has 0 atom stereocenters. The molecule has 4 nitrogen and oxygen atoms in total. The summed E-state index contributed by atoms with van der Waals surface area (Å²) in [6.45, 7) is 0. The maximum absolute atomic E-state index is 10.6. The zero-order valence-corrected chi connectivity index (χ0v) is 6.97. The monoisotopic (exact) mass is 176 g/mol. The molecule has 0 aromatic carbocycles. The van der Waals surface area contributed by atoms with Gasteiger partial charge in [0.05, 0.1) is 7.11 Å². The van der Waals surface area contributed by atoms with Crippen LogP contribution < -0.4 is 0 Å². The van der Waals surface area contributed by atoms with E-state index in [0.717, 1.165) is 24.9 Å². The Labute approximate surface area is 68.2 Å². The lowest BCUT2D eigenvalue weighted by Gasteiger charge is -1.94. The third-order valence-corrected chi connectivity index (χ3v) is 1.37. The Morgan fingerprint density at radius 1 is 1.55 bits per heavy atom. The highest BCUT2D eigenvalue weighted by Crippen LogP contribution is 2.00. The van der Waals surface area contributed by atoms with E-state index in [0.29, 0.717) is 0 Å². The highest BCUT2D eigenvalue weighted by Gasteiger charge is 2.08. The molecule has 0 saturated heterocycles. The van der Waals surface area contributed by atoms with Gasteiger partial charge in [-0.25, -0.2) is 4.79 Å². The minimum Gasteiger partial charge on any atom is -0.502 e. The predicted octanol–water partition coefficient (Wildman–Crippen LogP) is 0.491. The first-order chi connectivity index (χ1) is 5.11. The maximum Gasteiger partial charge on any atom is 0.373 e. The van der Waals surface area contributed by atoms with Gasteiger partial charge in [0, 0.05) is 6.08 Å². The van der Waals surface area contributed by atoms with Gasteiger partial charge in [0.25, 0.3) is 0 Å². The molecule has 0 aliphatic heterocycles. The second kappa shape index (κ2) is 4.79. The molecule has 0 aliphatic carbocycles. The third kappa shape index (κ3) is 3.67. The van der Waals surface area contributed by atoms with E-state index in [1.807, 2.05) is 0 Å². The fraction of sp³-hybridized carbons (Fsp3) is 0.333. The second-order valence-electron chi connectivity index (χ2n) is 1.54. The van der Waals surface area contributed by atoms with Gasteiger partial charge in [-0.2, -0.15) is 0 Å². The smallest absolute Gasteiger partial charge is 0.373 e. The van der Waals surface area contributed by atoms with Gasteiger partial charge in [0.15, 0.2) is 0 Å². The molecule has 0 aromatic rings. The van der Waals surface area contributed by atoms with Crippen LogP contribution in [0, 0.1) is 0 Å². The minimum atomic E-state index is -0.910. The van der Waals surface area contributed by atoms with Crippen molar-refractivity contribution >= 4 is 22.8 Å². The maximum atomic E-state index is 10.6. The number of methoxy groups -OCH3 is 1. The molecular formula is C6H8O4S. The summed E-state index contributed by atoms with van der Waals surface area (Å²) in [5.41, 5.74) is 0. The number of ether oxygens (including phenoxy) is 1. The van der Waals surface area contributed by atoms with Gasteiger partial charge in [-0.15, -0.1) is 0 Å². The van der Waals surface area contributed by atoms with E-state index in [-0.39, 0.29) is 0 Å². The summed E-state index contributed by atoms with van der Waals surface area (Å²) in [6, 6.07) is 0. The Bertz CT molecular complexity index is 197. The highest BCUT2D eigenvalue weighted by molar-refractivity contribution is 8.13. The van der Waals surface area contributed by atoms with Gasteiger partial charge >= 0.3 is 5.97 Å². The fourth-order valence-electron chi connectivity index (χ4n) is 0.334. The Morgan fingerprint density at radius 2 is 2.09 bits per heavy atom. The molecule has 0 heterocycles. The van der Waals surface area contributed by atoms with Crippen LogP contribution >= 0.6 is 11.8 Å². The zero-order chi connectivity index (χ0) is 8.85. The van der Waals surface area contributed by atoms with E-state index in [2.05, 4.69) is 4.74 Å². The summed E-state index contributed by atoms with van der Waals surface area (Å²) in [4.78, 5) is 21.0. The number of thioether (sulfide) groups is 1. The molecule has 0 spiro atoms. The summed E-state index contributed by atoms with van der Waals surface area (Å²) in [5.74, 6) is -1.58. The van der Waals surface area contributed by atoms with Crippen molar-refractivity contribution in [3.05, 3.63) is 11.8 Å². The quantitative estimate of drug-likeness (QED) is 0.377. The third-order valence-electron chi connectivity index (χ3n) is 0.850. The summed E-state index contributed by atoms with van der Waals surface area (Å²) < 4.78 is 4.14. The molecule has 0 bridgehead atoms. The van der Waals surface area contributed by atoms with E-state index in [1.165, 1.54) is 0 Å². The topological polar surface area (TPSA) is 63.6 Å². The van der Waals surface area contributed by atoms with Crippen LogP contribution in [0.5, 0.6) is 0 Å². The van der Waals surface area contributed by atoms with Crippen molar-refractivity contribution in [2.45, 2.75) is 0 Å². The zero-order valence-electron chi connectivity index (χ0n) is 6.16. The lowest BCUT2D eigenvalue weighted by molar-refractivity contribution is -0.139. The van der Waals surface area contributed by atoms with Crippen LogP contribution in [0.3, 0.4) is 0 Å². The number of carbonyl (C=O) groups excluding carboxylic acids is 2. The van der Waals surface area contributed by atoms with Gasteiger partial charge in [0.1, 0.15) is 0 Å². The van der Waals surface area contributed by atoms with Gasteiger partial charge in [-0.05, 0) is 6.26 Å². The molecule has 1 N–H and O–H groups in total. The van der Waals surface area contributed by atoms with Crippen LogP contribution in [-0.4, -0.2) is 29.6 Å². The van der Waals surface area contributed by atoms with E-state index in [4.69, 9.17) is 5.11 Å². The largest absolute Gasteiger partial charge is 0.502 e. The predicted molar refractivity (Wildman–Crippen MR) is 41.2 cm³/mol. The van der Waals surface area contributed by atoms with Crippen LogP contribution in [0.15, 0.2) is 11.8 Å². The average Bonchev–Trinajstić information content (AvgIpc) is 2.02. The summed E-state index contributed by atoms with van der Waals surface area (Å²) in [5, 5.41) is 8.38. The molecule has 0 rings (SSSR count). The first-order valence-corrected chi connectivity index (χ1v) is 3.91. The molecule has 0 saturated carbocycles. The fourth-order valence-corrected chi connectivity index (χ4v) is 0.564. The van der Waals surface area contributed by atoms with Gasteiger partial charge in [-0.1, -0.05) is 11.8 Å². The van der Waals surface area contributed by atoms with Gasteiger partial charge in [0.2, 0.25) is 10.9 Å². The van der Waals surface area contributed by atoms with Crippen LogP contribution in [0.1, 0.15) is 0 Å². The van der Waals surface area contributed by atoms with Crippen molar-refractivity contribution in [3.63, 3.8) is 0 Å². The van der Waals surface area contributed by atoms with Crippen molar-refractivity contribution in [1.29, 1.82) is 0 Å². The second-order valence-corrected chi connectivity index (χ2v) is 2.35. The number of hydrogen-bond acceptors (Lipinski definition) is 5. The number of aliphatic hydroxyl groups is 1. The first-order valence-electron chi connectivity index (χ1n) is 2.68. The Kier molecular flexibility index (Phi) is 4.36. The van der Waals surface area contributed by atoms with Crippen molar-refractivity contribution in [3.8, 4) is 0 Å². The standard InChI is InChI=1S/C6H8O4S/c1-10-6(9)4(7)3-5(8)11-2/h3,7H,1-2H3/b4-3-. The minimum absolute atomic E-state index is 0.395. The normalized spacial score (nSPS) is 10.9. The molecule has 0 radical (unpaired) electrons. The van der Waals surface area contributed by atoms with E-state index in [1.54, 1.807) is 6.26 Å². The number of hydrogen-bond donors (Lipinski definition) is 1. The number of rotatable bonds is 2. The first kappa shape index (κ1) is 10.0. The van der Waals surface area contributed by atoms with Gasteiger partial charge in [-0.3, -0.25) is 4.79 Å². The van der Waals surface area contributed by atoms with Gasteiger partial charge < -0.3 is 9.84 Å². The number of esters is 1. The van der Waals surface area contributed by atoms with Crippen molar-refractivity contribution in [2.24, 2.45) is 0 Å². The van der Waals surface area contributed by atoms with Crippen LogP contribution in [0.25, 0.3) is 0 Å². The van der Waals surface area contributed by atoms with Crippen LogP contribution in [0.2, 0.25) is 0 Å². The van der Waals surface area contributed by atoms with E-state index in [9.17, 15) is 9.59 Å². The van der Waals surface area contributed by atoms with E-state index < -0.39 is 16.8 Å². The average molecular weight is 176 g/mol. The summed E-state index contributed by atoms with van der Waals surface area (Å²) >= 11 is 0.898. The molecular weight excluding hydrogens is 168 g/mol. The molecule has 0 aromatic heterocycles. The van der Waals surface area contributed by atoms with Crippen molar-refractivity contribution < 1.29 is 19.4 Å². The molecule has 62 valence electrons. The molecule has 0 fully saturated rings. The molecule has 0 unspecified atom stereocenters. The molecule has 11 heavy (non-hydrogen) atoms. The van der Waals surface area contributed by atoms with Crippen molar-refractivity contribution in [2.75, 3.05) is 13.4 Å². The Morgan fingerprint density at radius 3 is 2.45 bits per heavy atom. The molecule has 5 heteroatoms. The van der Waals surface area contributed by atoms with Crippen LogP contribution in [-0.2, 0) is 14.3 Å². The summed E-state index contributed by atoms with van der Waals surface area (Å²) in [7, 11) is 1.12. The van der Waals surface area contributed by atoms with Crippen LogP contribution in [0.4, 0.5) is 0 Å². The Balaban J connectivity index is 4.21. The Hall–Kier alpha value is -0.970. The van der Waals surface area contributed by atoms with E-state index >= 15 is 0 Å². The molecule has 0 aliphatic rings.